The number of rotatable bonds is 12. The van der Waals surface area contributed by atoms with E-state index in [0.717, 1.165) is 12.8 Å². The van der Waals surface area contributed by atoms with Crippen LogP contribution >= 0.6 is 0 Å². The van der Waals surface area contributed by atoms with Crippen molar-refractivity contribution >= 4 is 14.2 Å². The Morgan fingerprint density at radius 1 is 0.870 bits per heavy atom. The second-order valence-electron chi connectivity index (χ2n) is 8.62. The molecule has 0 saturated carbocycles. The van der Waals surface area contributed by atoms with E-state index in [-0.39, 0.29) is 11.6 Å². The third-order valence-corrected chi connectivity index (χ3v) is 8.55. The van der Waals surface area contributed by atoms with Gasteiger partial charge in [-0.25, -0.2) is 0 Å². The largest absolute Gasteiger partial charge is 0.460 e. The van der Waals surface area contributed by atoms with Crippen molar-refractivity contribution in [2.75, 3.05) is 14.1 Å². The Morgan fingerprint density at radius 2 is 1.30 bits per heavy atom. The van der Waals surface area contributed by atoms with Crippen LogP contribution in [0.3, 0.4) is 0 Å². The Bertz CT molecular complexity index is 322. The van der Waals surface area contributed by atoms with Crippen molar-refractivity contribution in [1.82, 2.24) is 4.57 Å². The van der Waals surface area contributed by atoms with Gasteiger partial charge in [0, 0.05) is 6.42 Å². The van der Waals surface area contributed by atoms with E-state index in [1.54, 1.807) is 0 Å². The zero-order valence-corrected chi connectivity index (χ0v) is 17.8. The molecule has 0 spiro atoms. The number of ether oxygens (including phenoxy) is 1. The van der Waals surface area contributed by atoms with E-state index in [9.17, 15) is 4.79 Å². The van der Waals surface area contributed by atoms with Gasteiger partial charge in [0.25, 0.3) is 0 Å². The molecule has 0 unspecified atom stereocenters. The first-order valence-corrected chi connectivity index (χ1v) is 12.6. The van der Waals surface area contributed by atoms with Crippen molar-refractivity contribution in [2.24, 2.45) is 0 Å². The highest BCUT2D eigenvalue weighted by atomic mass is 28.3. The maximum Gasteiger partial charge on any atom is 0.306 e. The summed E-state index contributed by atoms with van der Waals surface area (Å²) in [4.78, 5) is 11.6. The summed E-state index contributed by atoms with van der Waals surface area (Å²) in [5.41, 5.74) is -0.346. The molecule has 0 amide bonds. The van der Waals surface area contributed by atoms with E-state index in [1.807, 2.05) is 20.8 Å². The molecule has 0 bridgehead atoms. The third kappa shape index (κ3) is 13.8. The summed E-state index contributed by atoms with van der Waals surface area (Å²) in [6.07, 6.45) is 10.7. The molecule has 4 heteroatoms. The van der Waals surface area contributed by atoms with Crippen molar-refractivity contribution < 1.29 is 9.53 Å². The molecular weight excluding hydrogens is 302 g/mol. The van der Waals surface area contributed by atoms with Crippen LogP contribution in [0.5, 0.6) is 0 Å². The lowest BCUT2D eigenvalue weighted by Crippen LogP contribution is -2.43. The van der Waals surface area contributed by atoms with Crippen molar-refractivity contribution in [1.29, 1.82) is 0 Å². The molecule has 0 aliphatic heterocycles. The number of esters is 1. The minimum atomic E-state index is -1.11. The zero-order chi connectivity index (χ0) is 17.9. The van der Waals surface area contributed by atoms with Gasteiger partial charge in [0.15, 0.2) is 0 Å². The predicted molar refractivity (Wildman–Crippen MR) is 103 cm³/mol. The number of carbonyl (C=O) groups excluding carboxylic acids is 1. The van der Waals surface area contributed by atoms with Crippen LogP contribution in [-0.4, -0.2) is 38.5 Å². The number of hydrogen-bond donors (Lipinski definition) is 0. The first-order valence-electron chi connectivity index (χ1n) is 9.44. The van der Waals surface area contributed by atoms with Crippen LogP contribution in [0.1, 0.15) is 78.6 Å². The molecule has 0 aliphatic rings. The van der Waals surface area contributed by atoms with Crippen LogP contribution in [0.15, 0.2) is 0 Å². The molecule has 0 atom stereocenters. The zero-order valence-electron chi connectivity index (χ0n) is 16.8. The summed E-state index contributed by atoms with van der Waals surface area (Å²) in [6, 6.07) is 1.41. The molecule has 138 valence electrons. The Morgan fingerprint density at radius 3 is 1.74 bits per heavy atom. The minimum Gasteiger partial charge on any atom is -0.460 e. The number of carbonyl (C=O) groups is 1. The molecule has 0 aromatic carbocycles. The summed E-state index contributed by atoms with van der Waals surface area (Å²) >= 11 is 0. The van der Waals surface area contributed by atoms with Crippen LogP contribution in [0.4, 0.5) is 0 Å². The maximum atomic E-state index is 11.6. The van der Waals surface area contributed by atoms with E-state index >= 15 is 0 Å². The molecule has 0 radical (unpaired) electrons. The molecule has 0 N–H and O–H groups in total. The van der Waals surface area contributed by atoms with Crippen molar-refractivity contribution in [3.05, 3.63) is 0 Å². The normalized spacial score (nSPS) is 12.7. The van der Waals surface area contributed by atoms with Crippen LogP contribution in [0.25, 0.3) is 0 Å². The summed E-state index contributed by atoms with van der Waals surface area (Å²) in [7, 11) is 3.35. The van der Waals surface area contributed by atoms with E-state index in [1.165, 1.54) is 44.6 Å². The van der Waals surface area contributed by atoms with E-state index in [0.29, 0.717) is 6.42 Å². The van der Waals surface area contributed by atoms with E-state index in [2.05, 4.69) is 31.8 Å². The highest BCUT2D eigenvalue weighted by Crippen LogP contribution is 2.18. The molecule has 0 aliphatic carbocycles. The first kappa shape index (κ1) is 22.6. The van der Waals surface area contributed by atoms with Gasteiger partial charge < -0.3 is 9.30 Å². The molecular formula is C19H41NO2Si. The lowest BCUT2D eigenvalue weighted by atomic mass is 10.1. The van der Waals surface area contributed by atoms with Gasteiger partial charge in [-0.15, -0.1) is 0 Å². The highest BCUT2D eigenvalue weighted by molar-refractivity contribution is 6.74. The summed E-state index contributed by atoms with van der Waals surface area (Å²) in [5.74, 6) is -0.0508. The van der Waals surface area contributed by atoms with Crippen molar-refractivity contribution in [3.8, 4) is 0 Å². The Kier molecular flexibility index (Phi) is 11.1. The second-order valence-corrected chi connectivity index (χ2v) is 13.6. The van der Waals surface area contributed by atoms with E-state index in [4.69, 9.17) is 4.74 Å². The summed E-state index contributed by atoms with van der Waals surface area (Å²) in [6.45, 7) is 10.7. The second kappa shape index (κ2) is 11.2. The van der Waals surface area contributed by atoms with Crippen LogP contribution in [0, 0.1) is 0 Å². The number of nitrogens with zero attached hydrogens (tertiary/aromatic N) is 1. The summed E-state index contributed by atoms with van der Waals surface area (Å²) < 4.78 is 7.77. The molecule has 0 rings (SSSR count). The SMILES string of the molecule is CN(C)[Si](C)(C)CCCCCCCCCCC(=O)OC(C)(C)C. The quantitative estimate of drug-likeness (QED) is 0.262. The molecule has 0 aromatic heterocycles. The molecule has 23 heavy (non-hydrogen) atoms. The third-order valence-electron chi connectivity index (χ3n) is 4.55. The number of unbranched alkanes of at least 4 members (excludes halogenated alkanes) is 7. The predicted octanol–water partition coefficient (Wildman–Crippen LogP) is 5.61. The highest BCUT2D eigenvalue weighted by Gasteiger charge is 2.22. The Hall–Kier alpha value is -0.353. The lowest BCUT2D eigenvalue weighted by molar-refractivity contribution is -0.154. The fourth-order valence-corrected chi connectivity index (χ4v) is 4.07. The van der Waals surface area contributed by atoms with Crippen LogP contribution in [-0.2, 0) is 9.53 Å². The van der Waals surface area contributed by atoms with Gasteiger partial charge in [-0.2, -0.15) is 0 Å². The smallest absolute Gasteiger partial charge is 0.306 e. The van der Waals surface area contributed by atoms with Gasteiger partial charge in [0.1, 0.15) is 13.8 Å². The van der Waals surface area contributed by atoms with Gasteiger partial charge in [-0.3, -0.25) is 4.79 Å². The van der Waals surface area contributed by atoms with Crippen LogP contribution < -0.4 is 0 Å². The Labute approximate surface area is 146 Å². The van der Waals surface area contributed by atoms with Gasteiger partial charge in [0.05, 0.1) is 0 Å². The van der Waals surface area contributed by atoms with Crippen molar-refractivity contribution in [3.63, 3.8) is 0 Å². The monoisotopic (exact) mass is 343 g/mol. The van der Waals surface area contributed by atoms with Gasteiger partial charge in [0.2, 0.25) is 0 Å². The van der Waals surface area contributed by atoms with Gasteiger partial charge >= 0.3 is 5.97 Å². The average molecular weight is 344 g/mol. The molecule has 0 saturated heterocycles. The molecule has 0 fully saturated rings. The van der Waals surface area contributed by atoms with Gasteiger partial charge in [-0.05, 0) is 47.3 Å². The fourth-order valence-electron chi connectivity index (χ4n) is 2.50. The molecule has 0 heterocycles. The first-order chi connectivity index (χ1) is 10.5. The Balaban J connectivity index is 3.39. The topological polar surface area (TPSA) is 29.5 Å². The fraction of sp³-hybridized carbons (Fsp3) is 0.947. The molecule has 3 nitrogen and oxygen atoms in total. The van der Waals surface area contributed by atoms with E-state index < -0.39 is 8.24 Å². The van der Waals surface area contributed by atoms with Crippen LogP contribution in [0.2, 0.25) is 19.1 Å². The number of hydrogen-bond acceptors (Lipinski definition) is 3. The van der Waals surface area contributed by atoms with Crippen molar-refractivity contribution in [2.45, 2.75) is 103 Å². The maximum absolute atomic E-state index is 11.6. The minimum absolute atomic E-state index is 0.0508. The standard InChI is InChI=1S/C19H41NO2Si/c1-19(2,3)22-18(21)16-14-12-10-8-9-11-13-15-17-23(6,7)20(4)5/h8-17H2,1-7H3. The van der Waals surface area contributed by atoms with Gasteiger partial charge in [-0.1, -0.05) is 58.0 Å². The molecule has 0 aromatic rings. The summed E-state index contributed by atoms with van der Waals surface area (Å²) in [5, 5.41) is 0. The lowest BCUT2D eigenvalue weighted by Gasteiger charge is -2.30. The average Bonchev–Trinajstić information content (AvgIpc) is 2.38.